The molecule has 1 N–H and O–H groups in total. The normalized spacial score (nSPS) is 31.1. The van der Waals surface area contributed by atoms with Crippen LogP contribution in [0.3, 0.4) is 0 Å². The van der Waals surface area contributed by atoms with E-state index < -0.39 is 0 Å². The second kappa shape index (κ2) is 5.33. The minimum Gasteiger partial charge on any atom is -0.367 e. The Morgan fingerprint density at radius 1 is 1.38 bits per heavy atom. The Morgan fingerprint density at radius 2 is 2.19 bits per heavy atom. The highest BCUT2D eigenvalue weighted by Gasteiger charge is 2.38. The van der Waals surface area contributed by atoms with Gasteiger partial charge in [0.2, 0.25) is 0 Å². The van der Waals surface area contributed by atoms with Gasteiger partial charge in [-0.1, -0.05) is 20.8 Å². The molecule has 0 spiro atoms. The molecule has 1 saturated heterocycles. The van der Waals surface area contributed by atoms with E-state index in [1.165, 1.54) is 11.3 Å². The number of rotatable bonds is 3. The molecular formula is C17H27N3O. The number of nitrogens with zero attached hydrogens (tertiary/aromatic N) is 2. The SMILES string of the molecule is CCNC1CC(C)(C)Cc2nc(C3(C)CCCO3)ncc21. The number of hydrogen-bond acceptors (Lipinski definition) is 4. The van der Waals surface area contributed by atoms with Gasteiger partial charge in [-0.05, 0) is 44.6 Å². The molecule has 2 unspecified atom stereocenters. The first-order valence-corrected chi connectivity index (χ1v) is 8.17. The number of ether oxygens (including phenoxy) is 1. The molecule has 116 valence electrons. The monoisotopic (exact) mass is 289 g/mol. The standard InChI is InChI=1S/C17H27N3O/c1-5-18-13-9-16(2,3)10-14-12(13)11-19-15(20-14)17(4)7-6-8-21-17/h11,13,18H,5-10H2,1-4H3. The van der Waals surface area contributed by atoms with Crippen molar-refractivity contribution < 1.29 is 4.74 Å². The van der Waals surface area contributed by atoms with Crippen LogP contribution in [-0.2, 0) is 16.8 Å². The van der Waals surface area contributed by atoms with Crippen LogP contribution < -0.4 is 5.32 Å². The smallest absolute Gasteiger partial charge is 0.160 e. The van der Waals surface area contributed by atoms with E-state index in [-0.39, 0.29) is 11.0 Å². The van der Waals surface area contributed by atoms with Crippen molar-refractivity contribution in [1.29, 1.82) is 0 Å². The number of fused-ring (bicyclic) bond motifs is 1. The maximum atomic E-state index is 5.90. The van der Waals surface area contributed by atoms with Crippen LogP contribution in [0.2, 0.25) is 0 Å². The lowest BCUT2D eigenvalue weighted by atomic mass is 9.74. The first kappa shape index (κ1) is 14.9. The van der Waals surface area contributed by atoms with Gasteiger partial charge in [-0.15, -0.1) is 0 Å². The third-order valence-corrected chi connectivity index (χ3v) is 4.82. The average molecular weight is 289 g/mol. The Kier molecular flexibility index (Phi) is 3.78. The Morgan fingerprint density at radius 3 is 2.86 bits per heavy atom. The molecule has 2 atom stereocenters. The van der Waals surface area contributed by atoms with Crippen LogP contribution in [0.25, 0.3) is 0 Å². The summed E-state index contributed by atoms with van der Waals surface area (Å²) in [5, 5.41) is 3.58. The molecule has 1 aromatic heterocycles. The van der Waals surface area contributed by atoms with Gasteiger partial charge in [-0.2, -0.15) is 0 Å². The summed E-state index contributed by atoms with van der Waals surface area (Å²) in [7, 11) is 0. The zero-order valence-corrected chi connectivity index (χ0v) is 13.7. The molecule has 0 radical (unpaired) electrons. The fourth-order valence-electron chi connectivity index (χ4n) is 3.69. The van der Waals surface area contributed by atoms with Crippen molar-refractivity contribution in [2.24, 2.45) is 5.41 Å². The van der Waals surface area contributed by atoms with Gasteiger partial charge in [0.05, 0.1) is 0 Å². The van der Waals surface area contributed by atoms with Gasteiger partial charge in [0.1, 0.15) is 5.60 Å². The summed E-state index contributed by atoms with van der Waals surface area (Å²) in [4.78, 5) is 9.57. The fraction of sp³-hybridized carbons (Fsp3) is 0.765. The van der Waals surface area contributed by atoms with Crippen LogP contribution in [0.5, 0.6) is 0 Å². The van der Waals surface area contributed by atoms with E-state index in [9.17, 15) is 0 Å². The van der Waals surface area contributed by atoms with Crippen LogP contribution in [0, 0.1) is 5.41 Å². The van der Waals surface area contributed by atoms with Gasteiger partial charge in [-0.3, -0.25) is 0 Å². The van der Waals surface area contributed by atoms with E-state index in [2.05, 4.69) is 38.0 Å². The summed E-state index contributed by atoms with van der Waals surface area (Å²) < 4.78 is 5.90. The second-order valence-corrected chi connectivity index (χ2v) is 7.43. The van der Waals surface area contributed by atoms with Crippen molar-refractivity contribution in [2.75, 3.05) is 13.2 Å². The molecular weight excluding hydrogens is 262 g/mol. The Bertz CT molecular complexity index is 521. The van der Waals surface area contributed by atoms with Crippen LogP contribution in [0.15, 0.2) is 6.20 Å². The minimum absolute atomic E-state index is 0.281. The molecule has 0 aromatic carbocycles. The predicted octanol–water partition coefficient (Wildman–Crippen LogP) is 3.13. The number of hydrogen-bond donors (Lipinski definition) is 1. The summed E-state index contributed by atoms with van der Waals surface area (Å²) in [6, 6.07) is 0.375. The van der Waals surface area contributed by atoms with E-state index in [0.29, 0.717) is 6.04 Å². The molecule has 2 aliphatic rings. The molecule has 2 heterocycles. The van der Waals surface area contributed by atoms with Crippen molar-refractivity contribution in [2.45, 2.75) is 65.0 Å². The average Bonchev–Trinajstić information content (AvgIpc) is 2.85. The molecule has 4 nitrogen and oxygen atoms in total. The topological polar surface area (TPSA) is 47.0 Å². The third-order valence-electron chi connectivity index (χ3n) is 4.82. The van der Waals surface area contributed by atoms with Gasteiger partial charge in [0.25, 0.3) is 0 Å². The van der Waals surface area contributed by atoms with Crippen LogP contribution in [0.4, 0.5) is 0 Å². The predicted molar refractivity (Wildman–Crippen MR) is 83.1 cm³/mol. The van der Waals surface area contributed by atoms with Gasteiger partial charge in [0.15, 0.2) is 5.82 Å². The first-order valence-electron chi connectivity index (χ1n) is 8.17. The molecule has 0 saturated carbocycles. The maximum absolute atomic E-state index is 5.90. The van der Waals surface area contributed by atoms with E-state index in [0.717, 1.165) is 44.7 Å². The third kappa shape index (κ3) is 2.84. The molecule has 3 rings (SSSR count). The summed E-state index contributed by atoms with van der Waals surface area (Å²) in [5.41, 5.74) is 2.48. The van der Waals surface area contributed by atoms with Crippen LogP contribution >= 0.6 is 0 Å². The van der Waals surface area contributed by atoms with Crippen LogP contribution in [-0.4, -0.2) is 23.1 Å². The van der Waals surface area contributed by atoms with Gasteiger partial charge in [0, 0.05) is 30.1 Å². The van der Waals surface area contributed by atoms with Crippen LogP contribution in [0.1, 0.15) is 70.1 Å². The lowest BCUT2D eigenvalue weighted by Gasteiger charge is -2.37. The molecule has 21 heavy (non-hydrogen) atoms. The maximum Gasteiger partial charge on any atom is 0.160 e. The van der Waals surface area contributed by atoms with E-state index in [4.69, 9.17) is 9.72 Å². The zero-order chi connectivity index (χ0) is 15.1. The largest absolute Gasteiger partial charge is 0.367 e. The molecule has 0 amide bonds. The highest BCUT2D eigenvalue weighted by Crippen LogP contribution is 2.41. The summed E-state index contributed by atoms with van der Waals surface area (Å²) in [6.45, 7) is 10.7. The highest BCUT2D eigenvalue weighted by atomic mass is 16.5. The molecule has 1 aliphatic heterocycles. The number of nitrogens with one attached hydrogen (secondary N) is 1. The van der Waals surface area contributed by atoms with Crippen molar-refractivity contribution in [3.05, 3.63) is 23.3 Å². The van der Waals surface area contributed by atoms with Crippen molar-refractivity contribution in [1.82, 2.24) is 15.3 Å². The lowest BCUT2D eigenvalue weighted by Crippen LogP contribution is -2.35. The van der Waals surface area contributed by atoms with E-state index >= 15 is 0 Å². The molecule has 1 fully saturated rings. The van der Waals surface area contributed by atoms with Gasteiger partial charge < -0.3 is 10.1 Å². The fourth-order valence-corrected chi connectivity index (χ4v) is 3.69. The minimum atomic E-state index is -0.287. The Hall–Kier alpha value is -1.00. The molecule has 1 aromatic rings. The molecule has 4 heteroatoms. The summed E-state index contributed by atoms with van der Waals surface area (Å²) in [6.07, 6.45) is 6.32. The van der Waals surface area contributed by atoms with E-state index in [1.807, 2.05) is 6.20 Å². The van der Waals surface area contributed by atoms with Crippen molar-refractivity contribution >= 4 is 0 Å². The van der Waals surface area contributed by atoms with Crippen molar-refractivity contribution in [3.63, 3.8) is 0 Å². The van der Waals surface area contributed by atoms with E-state index in [1.54, 1.807) is 0 Å². The zero-order valence-electron chi connectivity index (χ0n) is 13.7. The lowest BCUT2D eigenvalue weighted by molar-refractivity contribution is 0.00885. The van der Waals surface area contributed by atoms with Gasteiger partial charge >= 0.3 is 0 Å². The van der Waals surface area contributed by atoms with Crippen molar-refractivity contribution in [3.8, 4) is 0 Å². The van der Waals surface area contributed by atoms with Gasteiger partial charge in [-0.25, -0.2) is 9.97 Å². The number of aromatic nitrogens is 2. The quantitative estimate of drug-likeness (QED) is 0.928. The Labute approximate surface area is 127 Å². The first-order chi connectivity index (χ1) is 9.93. The molecule has 1 aliphatic carbocycles. The second-order valence-electron chi connectivity index (χ2n) is 7.43. The summed E-state index contributed by atoms with van der Waals surface area (Å²) in [5.74, 6) is 0.867. The summed E-state index contributed by atoms with van der Waals surface area (Å²) >= 11 is 0. The molecule has 0 bridgehead atoms. The highest BCUT2D eigenvalue weighted by molar-refractivity contribution is 5.27. The Balaban J connectivity index is 1.97.